The first kappa shape index (κ1) is 20.0. The molecule has 1 fully saturated rings. The van der Waals surface area contributed by atoms with E-state index in [0.717, 1.165) is 35.5 Å². The van der Waals surface area contributed by atoms with Crippen LogP contribution in [0.2, 0.25) is 0 Å². The third-order valence-electron chi connectivity index (χ3n) is 6.94. The van der Waals surface area contributed by atoms with E-state index >= 15 is 4.39 Å². The van der Waals surface area contributed by atoms with E-state index in [4.69, 9.17) is 4.98 Å². The molecule has 0 radical (unpaired) electrons. The van der Waals surface area contributed by atoms with Crippen LogP contribution in [0.15, 0.2) is 43.2 Å². The van der Waals surface area contributed by atoms with Gasteiger partial charge in [-0.1, -0.05) is 38.5 Å². The fraction of sp³-hybridized carbons (Fsp3) is 0.385. The number of pyridine rings is 1. The summed E-state index contributed by atoms with van der Waals surface area (Å²) in [7, 11) is 2.04. The highest BCUT2D eigenvalue weighted by Gasteiger charge is 2.29. The number of fused-ring (bicyclic) bond motifs is 1. The van der Waals surface area contributed by atoms with Crippen LogP contribution >= 0.6 is 0 Å². The highest BCUT2D eigenvalue weighted by molar-refractivity contribution is 5.83. The fourth-order valence-electron chi connectivity index (χ4n) is 5.16. The van der Waals surface area contributed by atoms with Crippen molar-refractivity contribution >= 4 is 5.70 Å². The smallest absolute Gasteiger partial charge is 0.135 e. The normalized spacial score (nSPS) is 17.4. The average molecular weight is 417 g/mol. The Balaban J connectivity index is 1.57. The Kier molecular flexibility index (Phi) is 4.72. The highest BCUT2D eigenvalue weighted by Crippen LogP contribution is 2.40. The number of rotatable bonds is 4. The maximum absolute atomic E-state index is 15.3. The SMILES string of the molecule is C=C1c2cc(-c3nc(C)cc(F)c3-c3cnn(CC4(C)CCCC4)c3)ccc2CN1C. The number of aromatic nitrogens is 3. The Morgan fingerprint density at radius 2 is 1.94 bits per heavy atom. The molecule has 2 aromatic heterocycles. The minimum absolute atomic E-state index is 0.259. The van der Waals surface area contributed by atoms with E-state index in [2.05, 4.69) is 35.6 Å². The Labute approximate surface area is 183 Å². The summed E-state index contributed by atoms with van der Waals surface area (Å²) in [5.74, 6) is -0.259. The second-order valence-corrected chi connectivity index (χ2v) is 9.59. The molecule has 0 spiro atoms. The van der Waals surface area contributed by atoms with E-state index in [1.807, 2.05) is 30.9 Å². The summed E-state index contributed by atoms with van der Waals surface area (Å²) in [6.45, 7) is 10.1. The largest absolute Gasteiger partial charge is 0.370 e. The first-order valence-corrected chi connectivity index (χ1v) is 11.1. The van der Waals surface area contributed by atoms with Gasteiger partial charge in [0.1, 0.15) is 5.82 Å². The number of aryl methyl sites for hydroxylation is 1. The Morgan fingerprint density at radius 3 is 2.71 bits per heavy atom. The van der Waals surface area contributed by atoms with Crippen LogP contribution in [0.4, 0.5) is 4.39 Å². The minimum Gasteiger partial charge on any atom is -0.370 e. The molecule has 0 unspecified atom stereocenters. The van der Waals surface area contributed by atoms with Crippen LogP contribution in [0.25, 0.3) is 28.1 Å². The van der Waals surface area contributed by atoms with Crippen molar-refractivity contribution in [3.8, 4) is 22.4 Å². The highest BCUT2D eigenvalue weighted by atomic mass is 19.1. The van der Waals surface area contributed by atoms with Gasteiger partial charge in [-0.05, 0) is 42.9 Å². The van der Waals surface area contributed by atoms with Gasteiger partial charge in [0.05, 0.1) is 11.9 Å². The summed E-state index contributed by atoms with van der Waals surface area (Å²) >= 11 is 0. The van der Waals surface area contributed by atoms with Gasteiger partial charge in [0, 0.05) is 60.0 Å². The van der Waals surface area contributed by atoms with Gasteiger partial charge in [-0.2, -0.15) is 5.10 Å². The van der Waals surface area contributed by atoms with Crippen molar-refractivity contribution in [1.82, 2.24) is 19.7 Å². The van der Waals surface area contributed by atoms with Gasteiger partial charge in [0.2, 0.25) is 0 Å². The molecule has 0 saturated heterocycles. The van der Waals surface area contributed by atoms with Crippen LogP contribution in [0.5, 0.6) is 0 Å². The minimum atomic E-state index is -0.259. The van der Waals surface area contributed by atoms with E-state index in [1.165, 1.54) is 37.3 Å². The van der Waals surface area contributed by atoms with Gasteiger partial charge in [0.15, 0.2) is 0 Å². The zero-order chi connectivity index (χ0) is 21.8. The van der Waals surface area contributed by atoms with E-state index < -0.39 is 0 Å². The molecule has 31 heavy (non-hydrogen) atoms. The number of nitrogens with zero attached hydrogens (tertiary/aromatic N) is 4. The molecule has 0 bridgehead atoms. The number of hydrogen-bond donors (Lipinski definition) is 0. The molecule has 3 aromatic rings. The predicted molar refractivity (Wildman–Crippen MR) is 123 cm³/mol. The van der Waals surface area contributed by atoms with Crippen LogP contribution < -0.4 is 0 Å². The summed E-state index contributed by atoms with van der Waals surface area (Å²) in [6.07, 6.45) is 8.76. The summed E-state index contributed by atoms with van der Waals surface area (Å²) in [6, 6.07) is 7.75. The third-order valence-corrected chi connectivity index (χ3v) is 6.94. The molecule has 0 atom stereocenters. The molecular weight excluding hydrogens is 387 g/mol. The monoisotopic (exact) mass is 416 g/mol. The van der Waals surface area contributed by atoms with Gasteiger partial charge < -0.3 is 4.90 Å². The lowest BCUT2D eigenvalue weighted by Crippen LogP contribution is -2.19. The lowest BCUT2D eigenvalue weighted by atomic mass is 9.89. The third kappa shape index (κ3) is 3.56. The second kappa shape index (κ2) is 7.33. The first-order valence-electron chi connectivity index (χ1n) is 11.1. The van der Waals surface area contributed by atoms with Crippen molar-refractivity contribution in [2.24, 2.45) is 5.41 Å². The van der Waals surface area contributed by atoms with Crippen molar-refractivity contribution in [2.75, 3.05) is 7.05 Å². The molecule has 1 aliphatic heterocycles. The molecule has 1 saturated carbocycles. The molecular formula is C26H29FN4. The Bertz CT molecular complexity index is 1170. The standard InChI is InChI=1S/C26H29FN4/c1-17-11-23(27)24(21-13-28-31(15-21)16-26(3)9-5-6-10-26)25(29-17)19-7-8-20-14-30(4)18(2)22(20)12-19/h7-8,11-13,15H,2,5-6,9-10,14,16H2,1,3-4H3. The lowest BCUT2D eigenvalue weighted by Gasteiger charge is -2.22. The van der Waals surface area contributed by atoms with Gasteiger partial charge in [-0.3, -0.25) is 9.67 Å². The zero-order valence-corrected chi connectivity index (χ0v) is 18.6. The molecule has 0 N–H and O–H groups in total. The van der Waals surface area contributed by atoms with Crippen LogP contribution in [0.1, 0.15) is 49.4 Å². The molecule has 1 aliphatic carbocycles. The maximum Gasteiger partial charge on any atom is 0.135 e. The van der Waals surface area contributed by atoms with Gasteiger partial charge in [-0.15, -0.1) is 0 Å². The predicted octanol–water partition coefficient (Wildman–Crippen LogP) is 6.06. The summed E-state index contributed by atoms with van der Waals surface area (Å²) in [5.41, 5.74) is 7.15. The molecule has 1 aromatic carbocycles. The van der Waals surface area contributed by atoms with Crippen LogP contribution in [-0.4, -0.2) is 26.7 Å². The van der Waals surface area contributed by atoms with Crippen LogP contribution in [0.3, 0.4) is 0 Å². The first-order chi connectivity index (χ1) is 14.8. The van der Waals surface area contributed by atoms with Crippen molar-refractivity contribution in [3.63, 3.8) is 0 Å². The molecule has 2 aliphatic rings. The molecule has 3 heterocycles. The average Bonchev–Trinajstić information content (AvgIpc) is 3.42. The van der Waals surface area contributed by atoms with Crippen LogP contribution in [0, 0.1) is 18.2 Å². The Morgan fingerprint density at radius 1 is 1.16 bits per heavy atom. The number of benzene rings is 1. The molecule has 4 nitrogen and oxygen atoms in total. The van der Waals surface area contributed by atoms with Crippen molar-refractivity contribution in [3.05, 3.63) is 65.9 Å². The van der Waals surface area contributed by atoms with Crippen molar-refractivity contribution in [2.45, 2.75) is 52.6 Å². The van der Waals surface area contributed by atoms with Crippen molar-refractivity contribution in [1.29, 1.82) is 0 Å². The van der Waals surface area contributed by atoms with Gasteiger partial charge in [0.25, 0.3) is 0 Å². The fourth-order valence-corrected chi connectivity index (χ4v) is 5.16. The topological polar surface area (TPSA) is 34.0 Å². The maximum atomic E-state index is 15.3. The number of halogens is 1. The lowest BCUT2D eigenvalue weighted by molar-refractivity contribution is 0.268. The summed E-state index contributed by atoms with van der Waals surface area (Å²) < 4.78 is 17.3. The van der Waals surface area contributed by atoms with Crippen molar-refractivity contribution < 1.29 is 4.39 Å². The van der Waals surface area contributed by atoms with E-state index in [0.29, 0.717) is 17.0 Å². The quantitative estimate of drug-likeness (QED) is 0.519. The van der Waals surface area contributed by atoms with E-state index in [1.54, 1.807) is 6.20 Å². The second-order valence-electron chi connectivity index (χ2n) is 9.59. The van der Waals surface area contributed by atoms with Gasteiger partial charge >= 0.3 is 0 Å². The Hall–Kier alpha value is -2.95. The molecule has 160 valence electrons. The van der Waals surface area contributed by atoms with E-state index in [-0.39, 0.29) is 11.2 Å². The number of hydrogen-bond acceptors (Lipinski definition) is 3. The molecule has 5 heteroatoms. The van der Waals surface area contributed by atoms with Gasteiger partial charge in [-0.25, -0.2) is 4.39 Å². The molecule has 0 amide bonds. The van der Waals surface area contributed by atoms with Crippen LogP contribution in [-0.2, 0) is 13.1 Å². The van der Waals surface area contributed by atoms with E-state index in [9.17, 15) is 0 Å². The summed E-state index contributed by atoms with van der Waals surface area (Å²) in [4.78, 5) is 6.89. The molecule has 5 rings (SSSR count). The summed E-state index contributed by atoms with van der Waals surface area (Å²) in [5, 5.41) is 4.58. The zero-order valence-electron chi connectivity index (χ0n) is 18.6.